The van der Waals surface area contributed by atoms with E-state index in [4.69, 9.17) is 9.47 Å². The Bertz CT molecular complexity index is 999. The van der Waals surface area contributed by atoms with Crippen molar-refractivity contribution in [2.24, 2.45) is 17.8 Å². The summed E-state index contributed by atoms with van der Waals surface area (Å²) < 4.78 is 10.9. The van der Waals surface area contributed by atoms with E-state index in [1.54, 1.807) is 6.92 Å². The molecule has 0 radical (unpaired) electrons. The van der Waals surface area contributed by atoms with E-state index >= 15 is 0 Å². The molecule has 2 aromatic carbocycles. The summed E-state index contributed by atoms with van der Waals surface area (Å²) in [5.74, 6) is -1.73. The second-order valence-corrected chi connectivity index (χ2v) is 9.91. The first kappa shape index (κ1) is 26.5. The van der Waals surface area contributed by atoms with Gasteiger partial charge in [0.25, 0.3) is 0 Å². The standard InChI is InChI=1S/C29H37NO5/c1-6-34-29(33)26(15-18(2)3)30-28(32)24(19(4)5)16-27(31)35-17-25-22-13-9-7-11-20(22)21-12-8-10-14-23(21)25/h7-14,18-19,24-26H,6,15-17H2,1-5H3,(H,30,32)/t24-,26+/m0/s1. The van der Waals surface area contributed by atoms with Crippen molar-refractivity contribution in [2.75, 3.05) is 13.2 Å². The van der Waals surface area contributed by atoms with E-state index in [1.807, 2.05) is 52.0 Å². The zero-order chi connectivity index (χ0) is 25.5. The van der Waals surface area contributed by atoms with Crippen LogP contribution in [-0.4, -0.2) is 37.1 Å². The summed E-state index contributed by atoms with van der Waals surface area (Å²) in [5, 5.41) is 2.82. The molecule has 0 bridgehead atoms. The maximum atomic E-state index is 13.1. The van der Waals surface area contributed by atoms with E-state index in [9.17, 15) is 14.4 Å². The summed E-state index contributed by atoms with van der Waals surface area (Å²) in [7, 11) is 0. The largest absolute Gasteiger partial charge is 0.465 e. The van der Waals surface area contributed by atoms with Gasteiger partial charge in [0, 0.05) is 5.92 Å². The first-order chi connectivity index (χ1) is 16.7. The lowest BCUT2D eigenvalue weighted by Gasteiger charge is -2.24. The minimum absolute atomic E-state index is 0.0306. The van der Waals surface area contributed by atoms with Crippen LogP contribution in [0, 0.1) is 17.8 Å². The van der Waals surface area contributed by atoms with Crippen molar-refractivity contribution < 1.29 is 23.9 Å². The number of carbonyl (C=O) groups is 3. The van der Waals surface area contributed by atoms with Crippen molar-refractivity contribution in [2.45, 2.75) is 59.4 Å². The Morgan fingerprint density at radius 2 is 1.46 bits per heavy atom. The summed E-state index contributed by atoms with van der Waals surface area (Å²) in [6.45, 7) is 9.95. The quantitative estimate of drug-likeness (QED) is 0.454. The number of benzene rings is 2. The number of amides is 1. The van der Waals surface area contributed by atoms with Gasteiger partial charge in [-0.05, 0) is 47.4 Å². The fourth-order valence-electron chi connectivity index (χ4n) is 4.69. The first-order valence-corrected chi connectivity index (χ1v) is 12.5. The van der Waals surface area contributed by atoms with Crippen LogP contribution in [0.4, 0.5) is 0 Å². The molecular weight excluding hydrogens is 442 g/mol. The molecular formula is C29H37NO5. The molecule has 0 saturated carbocycles. The molecule has 0 aliphatic heterocycles. The van der Waals surface area contributed by atoms with Crippen molar-refractivity contribution >= 4 is 17.8 Å². The van der Waals surface area contributed by atoms with E-state index < -0.39 is 23.9 Å². The second kappa shape index (κ2) is 12.0. The summed E-state index contributed by atoms with van der Waals surface area (Å²) in [6.07, 6.45) is 0.428. The van der Waals surface area contributed by atoms with Crippen molar-refractivity contribution in [1.82, 2.24) is 5.32 Å². The van der Waals surface area contributed by atoms with Crippen LogP contribution in [0.25, 0.3) is 11.1 Å². The molecule has 1 amide bonds. The Morgan fingerprint density at radius 3 is 1.97 bits per heavy atom. The second-order valence-electron chi connectivity index (χ2n) is 9.91. The van der Waals surface area contributed by atoms with E-state index in [1.165, 1.54) is 11.1 Å². The smallest absolute Gasteiger partial charge is 0.328 e. The van der Waals surface area contributed by atoms with Gasteiger partial charge in [-0.25, -0.2) is 4.79 Å². The van der Waals surface area contributed by atoms with Crippen LogP contribution in [-0.2, 0) is 23.9 Å². The molecule has 35 heavy (non-hydrogen) atoms. The third-order valence-electron chi connectivity index (χ3n) is 6.50. The van der Waals surface area contributed by atoms with E-state index in [2.05, 4.69) is 29.6 Å². The first-order valence-electron chi connectivity index (χ1n) is 12.5. The number of ether oxygens (including phenoxy) is 2. The molecule has 0 spiro atoms. The zero-order valence-electron chi connectivity index (χ0n) is 21.4. The minimum Gasteiger partial charge on any atom is -0.465 e. The molecule has 3 rings (SSSR count). The van der Waals surface area contributed by atoms with Crippen LogP contribution in [0.5, 0.6) is 0 Å². The Hall–Kier alpha value is -3.15. The average molecular weight is 480 g/mol. The molecule has 6 nitrogen and oxygen atoms in total. The minimum atomic E-state index is -0.730. The Kier molecular flexibility index (Phi) is 9.07. The predicted molar refractivity (Wildman–Crippen MR) is 136 cm³/mol. The topological polar surface area (TPSA) is 81.7 Å². The Morgan fingerprint density at radius 1 is 0.886 bits per heavy atom. The number of nitrogens with one attached hydrogen (secondary N) is 1. The molecule has 6 heteroatoms. The fraction of sp³-hybridized carbons (Fsp3) is 0.483. The molecule has 0 aromatic heterocycles. The molecule has 0 unspecified atom stereocenters. The predicted octanol–water partition coefficient (Wildman–Crippen LogP) is 5.10. The highest BCUT2D eigenvalue weighted by Crippen LogP contribution is 2.44. The number of esters is 2. The molecule has 0 heterocycles. The Balaban J connectivity index is 1.65. The van der Waals surface area contributed by atoms with Crippen molar-refractivity contribution in [3.05, 3.63) is 59.7 Å². The molecule has 2 atom stereocenters. The van der Waals surface area contributed by atoms with Crippen molar-refractivity contribution in [1.29, 1.82) is 0 Å². The summed E-state index contributed by atoms with van der Waals surface area (Å²) in [5.41, 5.74) is 4.62. The molecule has 2 aromatic rings. The van der Waals surface area contributed by atoms with Gasteiger partial charge in [-0.1, -0.05) is 76.2 Å². The Labute approximate surface area is 208 Å². The number of fused-ring (bicyclic) bond motifs is 3. The zero-order valence-corrected chi connectivity index (χ0v) is 21.4. The SMILES string of the molecule is CCOC(=O)[C@@H](CC(C)C)NC(=O)[C@@H](CC(=O)OCC1c2ccccc2-c2ccccc21)C(C)C. The van der Waals surface area contributed by atoms with Gasteiger partial charge >= 0.3 is 11.9 Å². The van der Waals surface area contributed by atoms with Crippen LogP contribution in [0.1, 0.15) is 64.5 Å². The fourth-order valence-corrected chi connectivity index (χ4v) is 4.69. The summed E-state index contributed by atoms with van der Waals surface area (Å²) >= 11 is 0. The van der Waals surface area contributed by atoms with Gasteiger partial charge in [0.05, 0.1) is 18.9 Å². The lowest BCUT2D eigenvalue weighted by Crippen LogP contribution is -2.46. The van der Waals surface area contributed by atoms with E-state index in [0.29, 0.717) is 6.42 Å². The molecule has 0 fully saturated rings. The maximum absolute atomic E-state index is 13.1. The van der Waals surface area contributed by atoms with Gasteiger partial charge in [0.15, 0.2) is 0 Å². The number of hydrogen-bond acceptors (Lipinski definition) is 5. The van der Waals surface area contributed by atoms with Crippen molar-refractivity contribution in [3.63, 3.8) is 0 Å². The van der Waals surface area contributed by atoms with Gasteiger partial charge in [0.2, 0.25) is 5.91 Å². The molecule has 1 aliphatic carbocycles. The molecule has 188 valence electrons. The van der Waals surface area contributed by atoms with E-state index in [-0.39, 0.29) is 43.3 Å². The number of hydrogen-bond donors (Lipinski definition) is 1. The van der Waals surface area contributed by atoms with Gasteiger partial charge in [-0.2, -0.15) is 0 Å². The van der Waals surface area contributed by atoms with Crippen LogP contribution >= 0.6 is 0 Å². The van der Waals surface area contributed by atoms with Crippen LogP contribution in [0.2, 0.25) is 0 Å². The molecule has 0 saturated heterocycles. The highest BCUT2D eigenvalue weighted by atomic mass is 16.5. The number of rotatable bonds is 11. The third-order valence-corrected chi connectivity index (χ3v) is 6.50. The monoisotopic (exact) mass is 479 g/mol. The third kappa shape index (κ3) is 6.50. The summed E-state index contributed by atoms with van der Waals surface area (Å²) in [6, 6.07) is 15.6. The van der Waals surface area contributed by atoms with E-state index in [0.717, 1.165) is 11.1 Å². The number of carbonyl (C=O) groups excluding carboxylic acids is 3. The molecule has 1 aliphatic rings. The maximum Gasteiger partial charge on any atom is 0.328 e. The van der Waals surface area contributed by atoms with Crippen molar-refractivity contribution in [3.8, 4) is 11.1 Å². The normalized spacial score (nSPS) is 14.3. The van der Waals surface area contributed by atoms with Crippen LogP contribution < -0.4 is 5.32 Å². The van der Waals surface area contributed by atoms with Crippen LogP contribution in [0.3, 0.4) is 0 Å². The van der Waals surface area contributed by atoms with Gasteiger partial charge in [-0.15, -0.1) is 0 Å². The highest BCUT2D eigenvalue weighted by molar-refractivity contribution is 5.88. The van der Waals surface area contributed by atoms with Crippen LogP contribution in [0.15, 0.2) is 48.5 Å². The van der Waals surface area contributed by atoms with Gasteiger partial charge in [0.1, 0.15) is 12.6 Å². The lowest BCUT2D eigenvalue weighted by atomic mass is 9.91. The van der Waals surface area contributed by atoms with Gasteiger partial charge < -0.3 is 14.8 Å². The van der Waals surface area contributed by atoms with Gasteiger partial charge in [-0.3, -0.25) is 9.59 Å². The summed E-state index contributed by atoms with van der Waals surface area (Å²) in [4.78, 5) is 38.3. The average Bonchev–Trinajstić information content (AvgIpc) is 3.14. The lowest BCUT2D eigenvalue weighted by molar-refractivity contribution is -0.150. The highest BCUT2D eigenvalue weighted by Gasteiger charge is 2.32. The molecule has 1 N–H and O–H groups in total.